The molecular formula is C20H21F3N2O3. The summed E-state index contributed by atoms with van der Waals surface area (Å²) in [5, 5.41) is 0. The van der Waals surface area contributed by atoms with Crippen molar-refractivity contribution in [2.24, 2.45) is 0 Å². The molecule has 0 radical (unpaired) electrons. The van der Waals surface area contributed by atoms with E-state index in [1.165, 1.54) is 25.3 Å². The molecule has 2 aromatic carbocycles. The molecule has 1 aliphatic heterocycles. The molecule has 1 fully saturated rings. The number of carbonyl (C=O) groups excluding carboxylic acids is 1. The molecule has 1 amide bonds. The number of ether oxygens (including phenoxy) is 2. The first-order chi connectivity index (χ1) is 13.5. The van der Waals surface area contributed by atoms with E-state index in [-0.39, 0.29) is 23.0 Å². The van der Waals surface area contributed by atoms with Crippen molar-refractivity contribution in [3.8, 4) is 11.5 Å². The summed E-state index contributed by atoms with van der Waals surface area (Å²) in [5.41, 5.74) is 0.933. The highest BCUT2D eigenvalue weighted by Crippen LogP contribution is 2.23. The number of alkyl halides is 2. The van der Waals surface area contributed by atoms with Crippen molar-refractivity contribution in [2.75, 3.05) is 33.3 Å². The highest BCUT2D eigenvalue weighted by molar-refractivity contribution is 5.97. The number of amides is 1. The Bertz CT molecular complexity index is 824. The zero-order chi connectivity index (χ0) is 20.1. The third-order valence-corrected chi connectivity index (χ3v) is 4.62. The van der Waals surface area contributed by atoms with Gasteiger partial charge in [0.25, 0.3) is 5.91 Å². The van der Waals surface area contributed by atoms with Crippen LogP contribution in [0.2, 0.25) is 0 Å². The molecule has 0 N–H and O–H groups in total. The second kappa shape index (κ2) is 8.97. The molecule has 0 aromatic heterocycles. The van der Waals surface area contributed by atoms with Gasteiger partial charge >= 0.3 is 6.61 Å². The molecular weight excluding hydrogens is 373 g/mol. The van der Waals surface area contributed by atoms with Crippen LogP contribution in [0.5, 0.6) is 11.5 Å². The lowest BCUT2D eigenvalue weighted by Gasteiger charge is -2.35. The van der Waals surface area contributed by atoms with Crippen LogP contribution in [0.4, 0.5) is 13.2 Å². The number of piperazine rings is 1. The van der Waals surface area contributed by atoms with Crippen LogP contribution >= 0.6 is 0 Å². The number of nitrogens with zero attached hydrogens (tertiary/aromatic N) is 2. The van der Waals surface area contributed by atoms with E-state index in [2.05, 4.69) is 9.64 Å². The first kappa shape index (κ1) is 20.0. The highest BCUT2D eigenvalue weighted by atomic mass is 19.3. The topological polar surface area (TPSA) is 42.0 Å². The fraction of sp³-hybridized carbons (Fsp3) is 0.350. The third kappa shape index (κ3) is 4.75. The first-order valence-corrected chi connectivity index (χ1v) is 8.86. The maximum Gasteiger partial charge on any atom is 0.387 e. The molecule has 150 valence electrons. The Hall–Kier alpha value is -2.74. The lowest BCUT2D eigenvalue weighted by atomic mass is 10.1. The van der Waals surface area contributed by atoms with Crippen molar-refractivity contribution < 1.29 is 27.4 Å². The molecule has 0 unspecified atom stereocenters. The number of carbonyl (C=O) groups is 1. The predicted octanol–water partition coefficient (Wildman–Crippen LogP) is 3.39. The van der Waals surface area contributed by atoms with Gasteiger partial charge in [0.2, 0.25) is 0 Å². The van der Waals surface area contributed by atoms with Gasteiger partial charge in [0.15, 0.2) is 11.6 Å². The van der Waals surface area contributed by atoms with Crippen LogP contribution in [0, 0.1) is 5.82 Å². The second-order valence-corrected chi connectivity index (χ2v) is 6.41. The number of methoxy groups -OCH3 is 1. The van der Waals surface area contributed by atoms with Gasteiger partial charge in [0.1, 0.15) is 5.75 Å². The molecule has 28 heavy (non-hydrogen) atoms. The van der Waals surface area contributed by atoms with Gasteiger partial charge in [0.05, 0.1) is 12.7 Å². The number of benzene rings is 2. The van der Waals surface area contributed by atoms with E-state index in [0.29, 0.717) is 32.7 Å². The first-order valence-electron chi connectivity index (χ1n) is 8.86. The molecule has 3 rings (SSSR count). The van der Waals surface area contributed by atoms with Gasteiger partial charge < -0.3 is 14.4 Å². The maximum absolute atomic E-state index is 13.8. The summed E-state index contributed by atoms with van der Waals surface area (Å²) >= 11 is 0. The van der Waals surface area contributed by atoms with Crippen LogP contribution in [0.1, 0.15) is 15.9 Å². The summed E-state index contributed by atoms with van der Waals surface area (Å²) in [5.74, 6) is -0.682. The maximum atomic E-state index is 13.8. The quantitative estimate of drug-likeness (QED) is 0.753. The SMILES string of the molecule is COc1ccc(CN2CCN(C(=O)c3ccccc3OC(F)F)CC2)cc1F. The lowest BCUT2D eigenvalue weighted by Crippen LogP contribution is -2.48. The molecule has 5 nitrogen and oxygen atoms in total. The van der Waals surface area contributed by atoms with Gasteiger partial charge in [-0.3, -0.25) is 9.69 Å². The van der Waals surface area contributed by atoms with E-state index < -0.39 is 12.4 Å². The van der Waals surface area contributed by atoms with Crippen LogP contribution in [0.15, 0.2) is 42.5 Å². The van der Waals surface area contributed by atoms with Gasteiger partial charge in [-0.15, -0.1) is 0 Å². The summed E-state index contributed by atoms with van der Waals surface area (Å²) in [4.78, 5) is 16.4. The van der Waals surface area contributed by atoms with Gasteiger partial charge in [-0.1, -0.05) is 18.2 Å². The lowest BCUT2D eigenvalue weighted by molar-refractivity contribution is -0.0503. The van der Waals surface area contributed by atoms with Gasteiger partial charge in [-0.2, -0.15) is 8.78 Å². The number of hydrogen-bond donors (Lipinski definition) is 0. The Kier molecular flexibility index (Phi) is 6.41. The van der Waals surface area contributed by atoms with Crippen molar-refractivity contribution in [1.29, 1.82) is 0 Å². The van der Waals surface area contributed by atoms with Crippen LogP contribution in [0.3, 0.4) is 0 Å². The summed E-state index contributed by atoms with van der Waals surface area (Å²) in [7, 11) is 1.42. The zero-order valence-electron chi connectivity index (χ0n) is 15.4. The number of para-hydroxylation sites is 1. The molecule has 8 heteroatoms. The largest absolute Gasteiger partial charge is 0.494 e. The van der Waals surface area contributed by atoms with Gasteiger partial charge in [-0.05, 0) is 29.8 Å². The summed E-state index contributed by atoms with van der Waals surface area (Å²) in [6, 6.07) is 10.8. The van der Waals surface area contributed by atoms with Crippen LogP contribution in [-0.2, 0) is 6.54 Å². The molecule has 0 aliphatic carbocycles. The molecule has 1 saturated heterocycles. The van der Waals surface area contributed by atoms with Crippen molar-refractivity contribution in [1.82, 2.24) is 9.80 Å². The van der Waals surface area contributed by atoms with Crippen molar-refractivity contribution >= 4 is 5.91 Å². The minimum atomic E-state index is -2.99. The average Bonchev–Trinajstić information content (AvgIpc) is 2.68. The van der Waals surface area contributed by atoms with Crippen LogP contribution in [-0.4, -0.2) is 55.6 Å². The van der Waals surface area contributed by atoms with Crippen molar-refractivity contribution in [2.45, 2.75) is 13.2 Å². The van der Waals surface area contributed by atoms with Crippen LogP contribution < -0.4 is 9.47 Å². The predicted molar refractivity (Wildman–Crippen MR) is 97.2 cm³/mol. The Morgan fingerprint density at radius 3 is 2.43 bits per heavy atom. The fourth-order valence-corrected chi connectivity index (χ4v) is 3.19. The fourth-order valence-electron chi connectivity index (χ4n) is 3.19. The van der Waals surface area contributed by atoms with E-state index in [9.17, 15) is 18.0 Å². The van der Waals surface area contributed by atoms with Gasteiger partial charge in [0, 0.05) is 32.7 Å². The molecule has 1 heterocycles. The van der Waals surface area contributed by atoms with Crippen LogP contribution in [0.25, 0.3) is 0 Å². The molecule has 0 bridgehead atoms. The Morgan fingerprint density at radius 1 is 1.07 bits per heavy atom. The van der Waals surface area contributed by atoms with E-state index >= 15 is 0 Å². The molecule has 0 atom stereocenters. The number of halogens is 3. The summed E-state index contributed by atoms with van der Waals surface area (Å²) in [6.45, 7) is -0.362. The number of rotatable bonds is 6. The zero-order valence-corrected chi connectivity index (χ0v) is 15.4. The minimum Gasteiger partial charge on any atom is -0.494 e. The number of hydrogen-bond acceptors (Lipinski definition) is 4. The highest BCUT2D eigenvalue weighted by Gasteiger charge is 2.25. The standard InChI is InChI=1S/C20H21F3N2O3/c1-27-18-7-6-14(12-16(18)21)13-24-8-10-25(11-9-24)19(26)15-4-2-3-5-17(15)28-20(22)23/h2-7,12,20H,8-11,13H2,1H3. The second-order valence-electron chi connectivity index (χ2n) is 6.41. The molecule has 0 spiro atoms. The van der Waals surface area contributed by atoms with E-state index in [1.54, 1.807) is 29.2 Å². The third-order valence-electron chi connectivity index (χ3n) is 4.62. The Morgan fingerprint density at radius 2 is 1.79 bits per heavy atom. The average molecular weight is 394 g/mol. The van der Waals surface area contributed by atoms with Crippen molar-refractivity contribution in [3.05, 3.63) is 59.4 Å². The normalized spacial score (nSPS) is 15.0. The Balaban J connectivity index is 1.59. The molecule has 2 aromatic rings. The minimum absolute atomic E-state index is 0.119. The monoisotopic (exact) mass is 394 g/mol. The van der Waals surface area contributed by atoms with E-state index in [4.69, 9.17) is 4.74 Å². The Labute approximate surface area is 161 Å². The van der Waals surface area contributed by atoms with E-state index in [1.807, 2.05) is 0 Å². The summed E-state index contributed by atoms with van der Waals surface area (Å²) < 4.78 is 48.3. The van der Waals surface area contributed by atoms with Gasteiger partial charge in [-0.25, -0.2) is 4.39 Å². The van der Waals surface area contributed by atoms with E-state index in [0.717, 1.165) is 5.56 Å². The van der Waals surface area contributed by atoms with Crippen molar-refractivity contribution in [3.63, 3.8) is 0 Å². The molecule has 0 saturated carbocycles. The molecule has 1 aliphatic rings. The smallest absolute Gasteiger partial charge is 0.387 e. The summed E-state index contributed by atoms with van der Waals surface area (Å²) in [6.07, 6.45) is 0.